The molecular weight excluding hydrogens is 289 g/mol. The Kier molecular flexibility index (Phi) is 3.35. The number of hydrogen-bond donors (Lipinski definition) is 0. The van der Waals surface area contributed by atoms with Gasteiger partial charge in [0.2, 0.25) is 0 Å². The number of alkyl halides is 2. The minimum Gasteiger partial charge on any atom is -0.294 e. The van der Waals surface area contributed by atoms with Crippen molar-refractivity contribution in [1.29, 1.82) is 0 Å². The van der Waals surface area contributed by atoms with Gasteiger partial charge in [0, 0.05) is 14.7 Å². The molecule has 0 aromatic heterocycles. The molecule has 0 amide bonds. The molecule has 0 saturated heterocycles. The SMILES string of the molecule is CC(=O)c1c(I)cccc1C(F)F. The number of rotatable bonds is 2. The third kappa shape index (κ3) is 2.24. The Morgan fingerprint density at radius 3 is 2.46 bits per heavy atom. The highest BCUT2D eigenvalue weighted by Gasteiger charge is 2.17. The van der Waals surface area contributed by atoms with E-state index in [0.717, 1.165) is 0 Å². The van der Waals surface area contributed by atoms with E-state index >= 15 is 0 Å². The van der Waals surface area contributed by atoms with Gasteiger partial charge in [0.25, 0.3) is 6.43 Å². The van der Waals surface area contributed by atoms with Crippen molar-refractivity contribution in [3.05, 3.63) is 32.9 Å². The van der Waals surface area contributed by atoms with Gasteiger partial charge in [-0.05, 0) is 35.6 Å². The molecule has 0 atom stereocenters. The number of carbonyl (C=O) groups is 1. The fourth-order valence-corrected chi connectivity index (χ4v) is 1.99. The van der Waals surface area contributed by atoms with Crippen molar-refractivity contribution in [2.75, 3.05) is 0 Å². The van der Waals surface area contributed by atoms with E-state index in [-0.39, 0.29) is 16.9 Å². The second-order valence-electron chi connectivity index (χ2n) is 2.56. The molecule has 1 rings (SSSR count). The van der Waals surface area contributed by atoms with E-state index in [4.69, 9.17) is 0 Å². The Labute approximate surface area is 88.3 Å². The first-order valence-electron chi connectivity index (χ1n) is 3.61. The van der Waals surface area contributed by atoms with Gasteiger partial charge < -0.3 is 0 Å². The van der Waals surface area contributed by atoms with Crippen molar-refractivity contribution in [3.8, 4) is 0 Å². The average Bonchev–Trinajstić information content (AvgIpc) is 2.02. The van der Waals surface area contributed by atoms with E-state index in [0.29, 0.717) is 3.57 Å². The minimum absolute atomic E-state index is 0.137. The lowest BCUT2D eigenvalue weighted by molar-refractivity contribution is 0.0998. The minimum atomic E-state index is -2.59. The van der Waals surface area contributed by atoms with Crippen molar-refractivity contribution in [2.24, 2.45) is 0 Å². The first-order valence-corrected chi connectivity index (χ1v) is 4.69. The lowest BCUT2D eigenvalue weighted by Gasteiger charge is -2.07. The molecule has 0 unspecified atom stereocenters. The van der Waals surface area contributed by atoms with Crippen LogP contribution in [-0.2, 0) is 0 Å². The summed E-state index contributed by atoms with van der Waals surface area (Å²) in [6.07, 6.45) is -2.59. The maximum absolute atomic E-state index is 12.4. The third-order valence-corrected chi connectivity index (χ3v) is 2.53. The first kappa shape index (κ1) is 10.6. The molecule has 0 N–H and O–H groups in total. The molecule has 0 radical (unpaired) electrons. The van der Waals surface area contributed by atoms with Gasteiger partial charge in [-0.2, -0.15) is 0 Å². The van der Waals surface area contributed by atoms with Crippen molar-refractivity contribution in [1.82, 2.24) is 0 Å². The Morgan fingerprint density at radius 2 is 2.08 bits per heavy atom. The predicted octanol–water partition coefficient (Wildman–Crippen LogP) is 3.43. The van der Waals surface area contributed by atoms with Crippen LogP contribution in [-0.4, -0.2) is 5.78 Å². The van der Waals surface area contributed by atoms with Gasteiger partial charge in [0.05, 0.1) is 0 Å². The summed E-state index contributed by atoms with van der Waals surface area (Å²) >= 11 is 1.88. The second-order valence-corrected chi connectivity index (χ2v) is 3.72. The van der Waals surface area contributed by atoms with Crippen LogP contribution in [0.1, 0.15) is 29.3 Å². The van der Waals surface area contributed by atoms with Crippen LogP contribution in [0.3, 0.4) is 0 Å². The Morgan fingerprint density at radius 1 is 1.46 bits per heavy atom. The van der Waals surface area contributed by atoms with E-state index in [1.54, 1.807) is 6.07 Å². The predicted molar refractivity (Wildman–Crippen MR) is 54.1 cm³/mol. The molecule has 1 aromatic carbocycles. The molecule has 0 aliphatic heterocycles. The summed E-state index contributed by atoms with van der Waals surface area (Å²) in [5.41, 5.74) is -0.0440. The molecule has 0 fully saturated rings. The van der Waals surface area contributed by atoms with Gasteiger partial charge in [-0.1, -0.05) is 12.1 Å². The first-order chi connectivity index (χ1) is 6.04. The van der Waals surface area contributed by atoms with Crippen LogP contribution in [0.5, 0.6) is 0 Å². The van der Waals surface area contributed by atoms with Crippen LogP contribution >= 0.6 is 22.6 Å². The van der Waals surface area contributed by atoms with Gasteiger partial charge in [-0.25, -0.2) is 8.78 Å². The van der Waals surface area contributed by atoms with Crippen molar-refractivity contribution >= 4 is 28.4 Å². The topological polar surface area (TPSA) is 17.1 Å². The summed E-state index contributed by atoms with van der Waals surface area (Å²) in [5.74, 6) is -0.319. The largest absolute Gasteiger partial charge is 0.294 e. The second kappa shape index (κ2) is 4.13. The zero-order chi connectivity index (χ0) is 10.0. The van der Waals surface area contributed by atoms with E-state index in [1.165, 1.54) is 19.1 Å². The molecule has 4 heteroatoms. The number of hydrogen-bond acceptors (Lipinski definition) is 1. The van der Waals surface area contributed by atoms with E-state index < -0.39 is 6.43 Å². The zero-order valence-corrected chi connectivity index (χ0v) is 9.01. The highest BCUT2D eigenvalue weighted by atomic mass is 127. The highest BCUT2D eigenvalue weighted by molar-refractivity contribution is 14.1. The zero-order valence-electron chi connectivity index (χ0n) is 6.85. The molecule has 0 bridgehead atoms. The number of Topliss-reactive ketones (excluding diaryl/α,β-unsaturated/α-hetero) is 1. The Bertz CT molecular complexity index is 336. The van der Waals surface area contributed by atoms with E-state index in [1.807, 2.05) is 22.6 Å². The molecule has 0 heterocycles. The monoisotopic (exact) mass is 296 g/mol. The fourth-order valence-electron chi connectivity index (χ4n) is 1.09. The molecule has 1 nitrogen and oxygen atoms in total. The van der Waals surface area contributed by atoms with Crippen molar-refractivity contribution in [3.63, 3.8) is 0 Å². The fraction of sp³-hybridized carbons (Fsp3) is 0.222. The van der Waals surface area contributed by atoms with Crippen LogP contribution in [0.25, 0.3) is 0 Å². The van der Waals surface area contributed by atoms with Crippen LogP contribution in [0.4, 0.5) is 8.78 Å². The van der Waals surface area contributed by atoms with Crippen molar-refractivity contribution in [2.45, 2.75) is 13.3 Å². The average molecular weight is 296 g/mol. The number of halogens is 3. The standard InChI is InChI=1S/C9H7F2IO/c1-5(13)8-6(9(10)11)3-2-4-7(8)12/h2-4,9H,1H3. The maximum atomic E-state index is 12.4. The summed E-state index contributed by atoms with van der Waals surface area (Å²) in [5, 5.41) is 0. The van der Waals surface area contributed by atoms with Gasteiger partial charge in [0.15, 0.2) is 5.78 Å². The molecule has 0 saturated carbocycles. The van der Waals surface area contributed by atoms with Crippen LogP contribution in [0, 0.1) is 3.57 Å². The van der Waals surface area contributed by atoms with Gasteiger partial charge in [-0.3, -0.25) is 4.79 Å². The number of ketones is 1. The maximum Gasteiger partial charge on any atom is 0.264 e. The molecule has 70 valence electrons. The van der Waals surface area contributed by atoms with Gasteiger partial charge in [-0.15, -0.1) is 0 Å². The molecule has 13 heavy (non-hydrogen) atoms. The number of carbonyl (C=O) groups excluding carboxylic acids is 1. The molecule has 0 spiro atoms. The van der Waals surface area contributed by atoms with Crippen molar-refractivity contribution < 1.29 is 13.6 Å². The summed E-state index contributed by atoms with van der Waals surface area (Å²) in [4.78, 5) is 11.1. The third-order valence-electron chi connectivity index (χ3n) is 1.63. The Balaban J connectivity index is 3.34. The van der Waals surface area contributed by atoms with Crippen LogP contribution < -0.4 is 0 Å². The van der Waals surface area contributed by atoms with Crippen LogP contribution in [0.15, 0.2) is 18.2 Å². The smallest absolute Gasteiger partial charge is 0.264 e. The summed E-state index contributed by atoms with van der Waals surface area (Å²) in [6.45, 7) is 1.30. The molecular formula is C9H7F2IO. The lowest BCUT2D eigenvalue weighted by atomic mass is 10.1. The molecule has 1 aromatic rings. The lowest BCUT2D eigenvalue weighted by Crippen LogP contribution is -2.02. The highest BCUT2D eigenvalue weighted by Crippen LogP contribution is 2.26. The molecule has 0 aliphatic carbocycles. The van der Waals surface area contributed by atoms with Gasteiger partial charge >= 0.3 is 0 Å². The summed E-state index contributed by atoms with van der Waals surface area (Å²) in [7, 11) is 0. The summed E-state index contributed by atoms with van der Waals surface area (Å²) < 4.78 is 25.4. The van der Waals surface area contributed by atoms with Crippen LogP contribution in [0.2, 0.25) is 0 Å². The van der Waals surface area contributed by atoms with E-state index in [9.17, 15) is 13.6 Å². The molecule has 0 aliphatic rings. The quantitative estimate of drug-likeness (QED) is 0.603. The normalized spacial score (nSPS) is 10.5. The number of benzene rings is 1. The van der Waals surface area contributed by atoms with Gasteiger partial charge in [0.1, 0.15) is 0 Å². The Hall–Kier alpha value is -0.520. The van der Waals surface area contributed by atoms with E-state index in [2.05, 4.69) is 0 Å². The summed E-state index contributed by atoms with van der Waals surface area (Å²) in [6, 6.07) is 4.45.